The molecule has 0 spiro atoms. The Morgan fingerprint density at radius 2 is 1.73 bits per heavy atom. The average molecular weight is 408 g/mol. The number of ketones is 1. The number of carbonyl (C=O) groups is 5. The van der Waals surface area contributed by atoms with Gasteiger partial charge in [-0.15, -0.1) is 0 Å². The van der Waals surface area contributed by atoms with Gasteiger partial charge in [0, 0.05) is 12.1 Å². The van der Waals surface area contributed by atoms with Crippen LogP contribution in [0.3, 0.4) is 0 Å². The number of benzene rings is 2. The van der Waals surface area contributed by atoms with E-state index < -0.39 is 30.2 Å². The highest BCUT2D eigenvalue weighted by atomic mass is 16.5. The van der Waals surface area contributed by atoms with Crippen molar-refractivity contribution in [2.45, 2.75) is 6.42 Å². The smallest absolute Gasteiger partial charge is 0.308 e. The Labute approximate surface area is 170 Å². The first-order valence-electron chi connectivity index (χ1n) is 9.15. The molecule has 0 saturated heterocycles. The first-order valence-corrected chi connectivity index (χ1v) is 9.15. The third-order valence-electron chi connectivity index (χ3n) is 4.72. The first kappa shape index (κ1) is 19.3. The fourth-order valence-corrected chi connectivity index (χ4v) is 3.20. The number of anilines is 1. The lowest BCUT2D eigenvalue weighted by Crippen LogP contribution is -2.32. The second-order valence-electron chi connectivity index (χ2n) is 6.69. The number of hydrogen-bond acceptors (Lipinski definition) is 7. The second-order valence-corrected chi connectivity index (χ2v) is 6.69. The largest absolute Gasteiger partial charge is 0.482 e. The summed E-state index contributed by atoms with van der Waals surface area (Å²) in [7, 11) is 0. The molecule has 0 radical (unpaired) electrons. The summed E-state index contributed by atoms with van der Waals surface area (Å²) >= 11 is 0. The zero-order valence-electron chi connectivity index (χ0n) is 15.7. The monoisotopic (exact) mass is 408 g/mol. The lowest BCUT2D eigenvalue weighted by atomic mass is 10.1. The summed E-state index contributed by atoms with van der Waals surface area (Å²) in [4.78, 5) is 61.2. The maximum absolute atomic E-state index is 12.3. The Balaban J connectivity index is 1.30. The molecule has 2 aromatic rings. The molecule has 2 heterocycles. The van der Waals surface area contributed by atoms with Crippen LogP contribution in [-0.4, -0.2) is 54.1 Å². The van der Waals surface area contributed by atoms with Crippen molar-refractivity contribution >= 4 is 35.2 Å². The highest BCUT2D eigenvalue weighted by Crippen LogP contribution is 2.28. The van der Waals surface area contributed by atoms with Crippen LogP contribution in [0, 0.1) is 0 Å². The number of rotatable bonds is 6. The molecule has 152 valence electrons. The summed E-state index contributed by atoms with van der Waals surface area (Å²) in [6.07, 6.45) is -0.229. The summed E-state index contributed by atoms with van der Waals surface area (Å²) in [6, 6.07) is 10.9. The quantitative estimate of drug-likeness (QED) is 0.436. The zero-order valence-corrected chi connectivity index (χ0v) is 15.7. The topological polar surface area (TPSA) is 119 Å². The van der Waals surface area contributed by atoms with E-state index in [-0.39, 0.29) is 31.0 Å². The molecular weight excluding hydrogens is 392 g/mol. The van der Waals surface area contributed by atoms with Gasteiger partial charge < -0.3 is 14.8 Å². The predicted molar refractivity (Wildman–Crippen MR) is 102 cm³/mol. The van der Waals surface area contributed by atoms with Crippen molar-refractivity contribution in [1.82, 2.24) is 4.90 Å². The molecule has 0 fully saturated rings. The molecular formula is C21H16N2O7. The highest BCUT2D eigenvalue weighted by molar-refractivity contribution is 6.21. The van der Waals surface area contributed by atoms with Gasteiger partial charge in [-0.05, 0) is 30.3 Å². The molecule has 0 bridgehead atoms. The third kappa shape index (κ3) is 3.64. The van der Waals surface area contributed by atoms with Crippen LogP contribution in [-0.2, 0) is 14.3 Å². The Morgan fingerprint density at radius 3 is 2.43 bits per heavy atom. The molecule has 0 atom stereocenters. The van der Waals surface area contributed by atoms with Crippen LogP contribution in [0.2, 0.25) is 0 Å². The van der Waals surface area contributed by atoms with Gasteiger partial charge in [0.05, 0.1) is 23.2 Å². The SMILES string of the molecule is O=C1COc2ccc(C(=O)COC(=O)CCN3C(=O)c4ccccc4C3=O)cc2N1. The number of nitrogens with zero attached hydrogens (tertiary/aromatic N) is 1. The van der Waals surface area contributed by atoms with Crippen molar-refractivity contribution in [2.24, 2.45) is 0 Å². The van der Waals surface area contributed by atoms with Crippen LogP contribution in [0.15, 0.2) is 42.5 Å². The Hall–Kier alpha value is -4.01. The standard InChI is InChI=1S/C21H16N2O7/c24-16(12-5-6-17-15(9-12)22-18(25)11-29-17)10-30-19(26)7-8-23-20(27)13-3-1-2-4-14(13)21(23)28/h1-6,9H,7-8,10-11H2,(H,22,25). The second kappa shape index (κ2) is 7.78. The van der Waals surface area contributed by atoms with E-state index in [1.54, 1.807) is 30.3 Å². The minimum absolute atomic E-state index is 0.0923. The molecule has 0 unspecified atom stereocenters. The first-order chi connectivity index (χ1) is 14.4. The van der Waals surface area contributed by atoms with Crippen LogP contribution in [0.5, 0.6) is 5.75 Å². The van der Waals surface area contributed by atoms with Crippen LogP contribution >= 0.6 is 0 Å². The lowest BCUT2D eigenvalue weighted by molar-refractivity contribution is -0.142. The zero-order chi connectivity index (χ0) is 21.3. The van der Waals surface area contributed by atoms with E-state index in [2.05, 4.69) is 5.32 Å². The fourth-order valence-electron chi connectivity index (χ4n) is 3.20. The summed E-state index contributed by atoms with van der Waals surface area (Å²) in [5.41, 5.74) is 1.21. The van der Waals surface area contributed by atoms with Gasteiger partial charge in [0.15, 0.2) is 19.0 Å². The van der Waals surface area contributed by atoms with Gasteiger partial charge in [-0.3, -0.25) is 28.9 Å². The summed E-state index contributed by atoms with van der Waals surface area (Å²) in [6.45, 7) is -0.735. The van der Waals surface area contributed by atoms with Crippen molar-refractivity contribution in [2.75, 3.05) is 25.1 Å². The molecule has 30 heavy (non-hydrogen) atoms. The van der Waals surface area contributed by atoms with Crippen molar-refractivity contribution in [3.05, 3.63) is 59.2 Å². The van der Waals surface area contributed by atoms with E-state index in [1.807, 2.05) is 0 Å². The predicted octanol–water partition coefficient (Wildman–Crippen LogP) is 1.43. The van der Waals surface area contributed by atoms with Gasteiger partial charge >= 0.3 is 5.97 Å². The van der Waals surface area contributed by atoms with Crippen LogP contribution in [0.1, 0.15) is 37.5 Å². The summed E-state index contributed by atoms with van der Waals surface area (Å²) < 4.78 is 10.2. The number of esters is 1. The van der Waals surface area contributed by atoms with Gasteiger partial charge in [0.1, 0.15) is 5.75 Å². The van der Waals surface area contributed by atoms with E-state index >= 15 is 0 Å². The molecule has 2 aliphatic rings. The maximum Gasteiger partial charge on any atom is 0.308 e. The molecule has 0 saturated carbocycles. The number of carbonyl (C=O) groups excluding carboxylic acids is 5. The Morgan fingerprint density at radius 1 is 1.03 bits per heavy atom. The highest BCUT2D eigenvalue weighted by Gasteiger charge is 2.35. The number of hydrogen-bond donors (Lipinski definition) is 1. The van der Waals surface area contributed by atoms with Crippen LogP contribution < -0.4 is 10.1 Å². The van der Waals surface area contributed by atoms with Crippen molar-refractivity contribution in [1.29, 1.82) is 0 Å². The van der Waals surface area contributed by atoms with Gasteiger partial charge in [-0.2, -0.15) is 0 Å². The number of ether oxygens (including phenoxy) is 2. The third-order valence-corrected chi connectivity index (χ3v) is 4.72. The summed E-state index contributed by atoms with van der Waals surface area (Å²) in [5, 5.41) is 2.59. The van der Waals surface area contributed by atoms with Crippen molar-refractivity contribution < 1.29 is 33.4 Å². The average Bonchev–Trinajstić information content (AvgIpc) is 3.00. The number of fused-ring (bicyclic) bond motifs is 2. The normalized spacial score (nSPS) is 14.5. The van der Waals surface area contributed by atoms with Crippen molar-refractivity contribution in [3.63, 3.8) is 0 Å². The van der Waals surface area contributed by atoms with E-state index in [0.717, 1.165) is 4.90 Å². The Bertz CT molecular complexity index is 1060. The molecule has 3 amide bonds. The minimum Gasteiger partial charge on any atom is -0.482 e. The van der Waals surface area contributed by atoms with E-state index in [4.69, 9.17) is 9.47 Å². The molecule has 0 aromatic heterocycles. The fraction of sp³-hybridized carbons (Fsp3) is 0.190. The molecule has 9 nitrogen and oxygen atoms in total. The van der Waals surface area contributed by atoms with Gasteiger partial charge in [0.2, 0.25) is 0 Å². The van der Waals surface area contributed by atoms with Crippen LogP contribution in [0.25, 0.3) is 0 Å². The minimum atomic E-state index is -0.713. The van der Waals surface area contributed by atoms with Crippen LogP contribution in [0.4, 0.5) is 5.69 Å². The number of amides is 3. The van der Waals surface area contributed by atoms with Gasteiger partial charge in [0.25, 0.3) is 17.7 Å². The molecule has 0 aliphatic carbocycles. The molecule has 4 rings (SSSR count). The van der Waals surface area contributed by atoms with Crippen molar-refractivity contribution in [3.8, 4) is 5.75 Å². The maximum atomic E-state index is 12.3. The molecule has 2 aliphatic heterocycles. The van der Waals surface area contributed by atoms with Gasteiger partial charge in [-0.25, -0.2) is 0 Å². The number of imide groups is 1. The number of Topliss-reactive ketones (excluding diaryl/α,β-unsaturated/α-hetero) is 1. The van der Waals surface area contributed by atoms with Gasteiger partial charge in [-0.1, -0.05) is 12.1 Å². The molecule has 9 heteroatoms. The van der Waals surface area contributed by atoms with E-state index in [1.165, 1.54) is 12.1 Å². The lowest BCUT2D eigenvalue weighted by Gasteiger charge is -2.18. The van der Waals surface area contributed by atoms with E-state index in [9.17, 15) is 24.0 Å². The van der Waals surface area contributed by atoms with E-state index in [0.29, 0.717) is 22.6 Å². The molecule has 1 N–H and O–H groups in total. The number of nitrogens with one attached hydrogen (secondary N) is 1. The summed E-state index contributed by atoms with van der Waals surface area (Å²) in [5.74, 6) is -1.98. The molecule has 2 aromatic carbocycles. The Kier molecular flexibility index (Phi) is 5.01.